The quantitative estimate of drug-likeness (QED) is 0.290. The fourth-order valence-electron chi connectivity index (χ4n) is 2.85. The second kappa shape index (κ2) is 9.91. The molecule has 4 nitrogen and oxygen atoms in total. The zero-order valence-corrected chi connectivity index (χ0v) is 15.2. The lowest BCUT2D eigenvalue weighted by atomic mass is 10.1. The summed E-state index contributed by atoms with van der Waals surface area (Å²) in [7, 11) is 3.72. The van der Waals surface area contributed by atoms with Crippen molar-refractivity contribution in [2.45, 2.75) is 52.0 Å². The van der Waals surface area contributed by atoms with Crippen molar-refractivity contribution in [1.82, 2.24) is 4.57 Å². The SMILES string of the molecule is CCCCCCCC[n+]1ccn(C)c1/C(=N/c1ccccc1)OC. The molecule has 0 unspecified atom stereocenters. The van der Waals surface area contributed by atoms with Gasteiger partial charge in [0.2, 0.25) is 0 Å². The van der Waals surface area contributed by atoms with Crippen molar-refractivity contribution in [3.63, 3.8) is 0 Å². The van der Waals surface area contributed by atoms with Gasteiger partial charge in [-0.05, 0) is 25.0 Å². The molecule has 2 aromatic rings. The van der Waals surface area contributed by atoms with E-state index < -0.39 is 0 Å². The van der Waals surface area contributed by atoms with Gasteiger partial charge in [-0.25, -0.2) is 14.1 Å². The van der Waals surface area contributed by atoms with Crippen LogP contribution in [0.25, 0.3) is 0 Å². The third-order valence-electron chi connectivity index (χ3n) is 4.20. The minimum atomic E-state index is 0.652. The summed E-state index contributed by atoms with van der Waals surface area (Å²) >= 11 is 0. The Kier molecular flexibility index (Phi) is 7.53. The summed E-state index contributed by atoms with van der Waals surface area (Å²) in [5, 5.41) is 0. The monoisotopic (exact) mass is 328 g/mol. The van der Waals surface area contributed by atoms with E-state index in [2.05, 4.69) is 33.4 Å². The largest absolute Gasteiger partial charge is 0.475 e. The summed E-state index contributed by atoms with van der Waals surface area (Å²) in [5.74, 6) is 1.66. The highest BCUT2D eigenvalue weighted by Gasteiger charge is 2.22. The molecule has 0 saturated heterocycles. The fourth-order valence-corrected chi connectivity index (χ4v) is 2.85. The van der Waals surface area contributed by atoms with Gasteiger partial charge in [-0.15, -0.1) is 0 Å². The Balaban J connectivity index is 2.06. The van der Waals surface area contributed by atoms with E-state index in [9.17, 15) is 0 Å². The standard InChI is InChI=1S/C20H30N3O/c1-4-5-6-7-8-12-15-23-17-16-22(2)20(23)19(24-3)21-18-13-10-9-11-14-18/h9-11,13-14,16-17H,4-8,12,15H2,1-3H3/q+1/b21-19-. The first kappa shape index (κ1) is 18.2. The minimum absolute atomic E-state index is 0.652. The van der Waals surface area contributed by atoms with Gasteiger partial charge in [0.05, 0.1) is 26.4 Å². The number of aryl methyl sites for hydroxylation is 2. The van der Waals surface area contributed by atoms with Crippen molar-refractivity contribution < 1.29 is 9.30 Å². The fraction of sp³-hybridized carbons (Fsp3) is 0.500. The maximum atomic E-state index is 5.59. The number of nitrogens with zero attached hydrogens (tertiary/aromatic N) is 3. The van der Waals surface area contributed by atoms with Gasteiger partial charge in [0.25, 0.3) is 0 Å². The average molecular weight is 328 g/mol. The number of methoxy groups -OCH3 is 1. The number of aromatic nitrogens is 2. The van der Waals surface area contributed by atoms with Crippen LogP contribution in [-0.4, -0.2) is 17.6 Å². The van der Waals surface area contributed by atoms with Crippen LogP contribution in [0, 0.1) is 0 Å². The molecule has 0 spiro atoms. The second-order valence-corrected chi connectivity index (χ2v) is 6.15. The Morgan fingerprint density at radius 2 is 1.79 bits per heavy atom. The van der Waals surface area contributed by atoms with E-state index in [1.807, 2.05) is 37.4 Å². The van der Waals surface area contributed by atoms with Gasteiger partial charge in [0.15, 0.2) is 0 Å². The second-order valence-electron chi connectivity index (χ2n) is 6.15. The molecule has 4 heteroatoms. The van der Waals surface area contributed by atoms with Crippen LogP contribution in [0.2, 0.25) is 0 Å². The van der Waals surface area contributed by atoms with Crippen molar-refractivity contribution in [3.05, 3.63) is 48.5 Å². The molecule has 130 valence electrons. The molecule has 0 saturated carbocycles. The normalized spacial score (nSPS) is 11.7. The number of imidazole rings is 1. The highest BCUT2D eigenvalue weighted by molar-refractivity contribution is 5.91. The zero-order valence-electron chi connectivity index (χ0n) is 15.2. The molecule has 2 rings (SSSR count). The van der Waals surface area contributed by atoms with Gasteiger partial charge < -0.3 is 4.74 Å². The Morgan fingerprint density at radius 1 is 1.08 bits per heavy atom. The predicted molar refractivity (Wildman–Crippen MR) is 98.6 cm³/mol. The molecule has 0 radical (unpaired) electrons. The van der Waals surface area contributed by atoms with Crippen LogP contribution >= 0.6 is 0 Å². The molecule has 0 aliphatic rings. The summed E-state index contributed by atoms with van der Waals surface area (Å²) in [6.07, 6.45) is 12.0. The zero-order chi connectivity index (χ0) is 17.2. The topological polar surface area (TPSA) is 30.4 Å². The van der Waals surface area contributed by atoms with Crippen molar-refractivity contribution in [2.24, 2.45) is 12.0 Å². The molecule has 0 fully saturated rings. The van der Waals surface area contributed by atoms with Crippen molar-refractivity contribution >= 4 is 11.6 Å². The summed E-state index contributed by atoms with van der Waals surface area (Å²) in [5.41, 5.74) is 0.904. The molecule has 0 aliphatic heterocycles. The van der Waals surface area contributed by atoms with Crippen LogP contribution < -0.4 is 4.57 Å². The van der Waals surface area contributed by atoms with Crippen LogP contribution in [0.1, 0.15) is 51.3 Å². The molecule has 1 aromatic carbocycles. The van der Waals surface area contributed by atoms with E-state index in [1.165, 1.54) is 38.5 Å². The van der Waals surface area contributed by atoms with Gasteiger partial charge in [-0.2, -0.15) is 0 Å². The Bertz CT molecular complexity index is 632. The van der Waals surface area contributed by atoms with E-state index in [4.69, 9.17) is 4.74 Å². The predicted octanol–water partition coefficient (Wildman–Crippen LogP) is 4.40. The first-order valence-electron chi connectivity index (χ1n) is 8.99. The van der Waals surface area contributed by atoms with E-state index >= 15 is 0 Å². The van der Waals surface area contributed by atoms with Crippen LogP contribution in [0.15, 0.2) is 47.7 Å². The van der Waals surface area contributed by atoms with E-state index in [1.54, 1.807) is 7.11 Å². The van der Waals surface area contributed by atoms with E-state index in [-0.39, 0.29) is 0 Å². The summed E-state index contributed by atoms with van der Waals surface area (Å²) in [4.78, 5) is 4.66. The molecular weight excluding hydrogens is 298 g/mol. The lowest BCUT2D eigenvalue weighted by molar-refractivity contribution is -0.698. The van der Waals surface area contributed by atoms with Crippen LogP contribution in [0.3, 0.4) is 0 Å². The van der Waals surface area contributed by atoms with Crippen molar-refractivity contribution in [3.8, 4) is 0 Å². The number of rotatable bonds is 9. The number of hydrogen-bond donors (Lipinski definition) is 0. The number of ether oxygens (including phenoxy) is 1. The first-order chi connectivity index (χ1) is 11.8. The highest BCUT2D eigenvalue weighted by Crippen LogP contribution is 2.12. The molecule has 24 heavy (non-hydrogen) atoms. The summed E-state index contributed by atoms with van der Waals surface area (Å²) in [6, 6.07) is 9.94. The Morgan fingerprint density at radius 3 is 2.50 bits per heavy atom. The van der Waals surface area contributed by atoms with Gasteiger partial charge in [-0.1, -0.05) is 50.8 Å². The summed E-state index contributed by atoms with van der Waals surface area (Å²) < 4.78 is 9.90. The Labute approximate surface area is 145 Å². The minimum Gasteiger partial charge on any atom is -0.475 e. The lowest BCUT2D eigenvalue weighted by Crippen LogP contribution is -2.40. The number of para-hydroxylation sites is 1. The molecule has 0 amide bonds. The van der Waals surface area contributed by atoms with Crippen molar-refractivity contribution in [1.29, 1.82) is 0 Å². The van der Waals surface area contributed by atoms with Gasteiger partial charge >= 0.3 is 11.7 Å². The Hall–Kier alpha value is -2.10. The number of hydrogen-bond acceptors (Lipinski definition) is 2. The third kappa shape index (κ3) is 5.22. The summed E-state index contributed by atoms with van der Waals surface area (Å²) in [6.45, 7) is 3.25. The van der Waals surface area contributed by atoms with Gasteiger partial charge in [0.1, 0.15) is 12.4 Å². The first-order valence-corrected chi connectivity index (χ1v) is 8.99. The molecule has 0 bridgehead atoms. The van der Waals surface area contributed by atoms with Crippen molar-refractivity contribution in [2.75, 3.05) is 7.11 Å². The van der Waals surface area contributed by atoms with Crippen LogP contribution in [0.5, 0.6) is 0 Å². The lowest BCUT2D eigenvalue weighted by Gasteiger charge is -2.06. The highest BCUT2D eigenvalue weighted by atomic mass is 16.5. The maximum Gasteiger partial charge on any atom is 0.345 e. The molecule has 1 aromatic heterocycles. The molecule has 0 aliphatic carbocycles. The maximum absolute atomic E-state index is 5.59. The van der Waals surface area contributed by atoms with E-state index in [0.29, 0.717) is 5.90 Å². The average Bonchev–Trinajstić information content (AvgIpc) is 2.97. The van der Waals surface area contributed by atoms with Gasteiger partial charge in [-0.3, -0.25) is 0 Å². The smallest absolute Gasteiger partial charge is 0.345 e. The molecular formula is C20H30N3O+. The molecule has 0 atom stereocenters. The number of aliphatic imine (C=N–C) groups is 1. The molecule has 0 N–H and O–H groups in total. The third-order valence-corrected chi connectivity index (χ3v) is 4.20. The van der Waals surface area contributed by atoms with Gasteiger partial charge in [0, 0.05) is 0 Å². The number of unbranched alkanes of at least 4 members (excludes halogenated alkanes) is 5. The van der Waals surface area contributed by atoms with E-state index in [0.717, 1.165) is 18.1 Å². The molecule has 1 heterocycles. The van der Waals surface area contributed by atoms with Crippen LogP contribution in [0.4, 0.5) is 5.69 Å². The number of benzene rings is 1. The van der Waals surface area contributed by atoms with Crippen LogP contribution in [-0.2, 0) is 18.3 Å².